The summed E-state index contributed by atoms with van der Waals surface area (Å²) in [5, 5.41) is 12.4. The molecule has 0 saturated heterocycles. The van der Waals surface area contributed by atoms with Gasteiger partial charge in [0.25, 0.3) is 5.91 Å². The van der Waals surface area contributed by atoms with Crippen LogP contribution in [0.1, 0.15) is 41.3 Å². The number of hydrogen-bond acceptors (Lipinski definition) is 3. The fourth-order valence-corrected chi connectivity index (χ4v) is 2.56. The lowest BCUT2D eigenvalue weighted by atomic mass is 9.80. The molecule has 0 spiro atoms. The molecule has 0 heterocycles. The standard InChI is InChI=1S/C16H18Cl2FNO3/c17-15(18)16(23)20-12(8-19)14(22)11-6-4-10(5-7-11)13(21)9-2-1-3-9/h4-7,9,12,14-15,22H,1-3,8H2,(H,20,23)/t12-,14-/m1/s1. The first-order valence-electron chi connectivity index (χ1n) is 7.40. The van der Waals surface area contributed by atoms with Gasteiger partial charge in [0.15, 0.2) is 10.6 Å². The third-order valence-electron chi connectivity index (χ3n) is 4.09. The second-order valence-electron chi connectivity index (χ2n) is 5.63. The third-order valence-corrected chi connectivity index (χ3v) is 4.48. The van der Waals surface area contributed by atoms with Crippen LogP contribution in [0.15, 0.2) is 24.3 Å². The minimum Gasteiger partial charge on any atom is -0.386 e. The number of aliphatic hydroxyl groups is 1. The molecule has 0 aliphatic heterocycles. The van der Waals surface area contributed by atoms with Crippen molar-refractivity contribution in [1.82, 2.24) is 5.32 Å². The van der Waals surface area contributed by atoms with Gasteiger partial charge in [-0.05, 0) is 18.4 Å². The summed E-state index contributed by atoms with van der Waals surface area (Å²) in [6.07, 6.45) is 1.64. The summed E-state index contributed by atoms with van der Waals surface area (Å²) >= 11 is 10.8. The van der Waals surface area contributed by atoms with Gasteiger partial charge in [-0.3, -0.25) is 9.59 Å². The quantitative estimate of drug-likeness (QED) is 0.579. The van der Waals surface area contributed by atoms with Crippen molar-refractivity contribution >= 4 is 34.9 Å². The molecule has 1 fully saturated rings. The highest BCUT2D eigenvalue weighted by Gasteiger charge is 2.27. The Morgan fingerprint density at radius 3 is 2.30 bits per heavy atom. The molecule has 0 bridgehead atoms. The highest BCUT2D eigenvalue weighted by atomic mass is 35.5. The van der Waals surface area contributed by atoms with Gasteiger partial charge in [-0.15, -0.1) is 0 Å². The Morgan fingerprint density at radius 1 is 1.26 bits per heavy atom. The maximum Gasteiger partial charge on any atom is 0.253 e. The van der Waals surface area contributed by atoms with Crippen LogP contribution >= 0.6 is 23.2 Å². The lowest BCUT2D eigenvalue weighted by Crippen LogP contribution is -2.43. The number of rotatable bonds is 7. The second-order valence-corrected chi connectivity index (χ2v) is 6.73. The average molecular weight is 362 g/mol. The molecule has 4 nitrogen and oxygen atoms in total. The molecule has 1 amide bonds. The molecule has 1 aliphatic carbocycles. The van der Waals surface area contributed by atoms with Crippen molar-refractivity contribution in [2.45, 2.75) is 36.2 Å². The van der Waals surface area contributed by atoms with E-state index >= 15 is 0 Å². The van der Waals surface area contributed by atoms with Crippen LogP contribution in [0.4, 0.5) is 4.39 Å². The highest BCUT2D eigenvalue weighted by Crippen LogP contribution is 2.30. The van der Waals surface area contributed by atoms with Crippen molar-refractivity contribution in [2.24, 2.45) is 5.92 Å². The minimum absolute atomic E-state index is 0.0908. The maximum absolute atomic E-state index is 13.1. The molecule has 1 aliphatic rings. The highest BCUT2D eigenvalue weighted by molar-refractivity contribution is 6.53. The van der Waals surface area contributed by atoms with Gasteiger partial charge in [-0.2, -0.15) is 0 Å². The van der Waals surface area contributed by atoms with Gasteiger partial charge >= 0.3 is 0 Å². The number of carbonyl (C=O) groups excluding carboxylic acids is 2. The third kappa shape index (κ3) is 4.43. The number of ketones is 1. The largest absolute Gasteiger partial charge is 0.386 e. The number of hydrogen-bond donors (Lipinski definition) is 2. The van der Waals surface area contributed by atoms with E-state index in [1.54, 1.807) is 24.3 Å². The number of benzene rings is 1. The van der Waals surface area contributed by atoms with E-state index in [-0.39, 0.29) is 11.7 Å². The molecule has 2 atom stereocenters. The van der Waals surface area contributed by atoms with Crippen molar-refractivity contribution in [3.8, 4) is 0 Å². The first kappa shape index (κ1) is 18.2. The first-order chi connectivity index (χ1) is 10.9. The van der Waals surface area contributed by atoms with E-state index in [0.29, 0.717) is 11.1 Å². The predicted octanol–water partition coefficient (Wildman–Crippen LogP) is 2.96. The molecule has 1 aromatic rings. The Kier molecular flexibility index (Phi) is 6.39. The zero-order chi connectivity index (χ0) is 17.0. The van der Waals surface area contributed by atoms with Gasteiger partial charge in [-0.25, -0.2) is 4.39 Å². The Bertz CT molecular complexity index is 561. The van der Waals surface area contributed by atoms with Crippen LogP contribution in [-0.4, -0.2) is 34.3 Å². The summed E-state index contributed by atoms with van der Waals surface area (Å²) in [5.74, 6) is -0.584. The van der Waals surface area contributed by atoms with E-state index < -0.39 is 29.6 Å². The number of halogens is 3. The van der Waals surface area contributed by atoms with Gasteiger partial charge in [0.2, 0.25) is 0 Å². The fraction of sp³-hybridized carbons (Fsp3) is 0.500. The normalized spacial score (nSPS) is 17.4. The summed E-state index contributed by atoms with van der Waals surface area (Å²) in [6.45, 7) is -0.976. The first-order valence-corrected chi connectivity index (χ1v) is 8.28. The van der Waals surface area contributed by atoms with E-state index in [1.165, 1.54) is 0 Å². The second kappa shape index (κ2) is 8.08. The van der Waals surface area contributed by atoms with Gasteiger partial charge < -0.3 is 10.4 Å². The molecule has 0 unspecified atom stereocenters. The summed E-state index contributed by atoms with van der Waals surface area (Å²) in [7, 11) is 0. The van der Waals surface area contributed by atoms with E-state index in [9.17, 15) is 19.1 Å². The Morgan fingerprint density at radius 2 is 1.87 bits per heavy atom. The van der Waals surface area contributed by atoms with Crippen molar-refractivity contribution in [3.63, 3.8) is 0 Å². The van der Waals surface area contributed by atoms with Crippen molar-refractivity contribution in [1.29, 1.82) is 0 Å². The fourth-order valence-electron chi connectivity index (χ4n) is 2.43. The predicted molar refractivity (Wildman–Crippen MR) is 86.5 cm³/mol. The van der Waals surface area contributed by atoms with Gasteiger partial charge in [0, 0.05) is 11.5 Å². The molecule has 7 heteroatoms. The van der Waals surface area contributed by atoms with Crippen LogP contribution in [0.2, 0.25) is 0 Å². The molecule has 2 N–H and O–H groups in total. The zero-order valence-electron chi connectivity index (χ0n) is 12.3. The molecule has 1 saturated carbocycles. The summed E-state index contributed by atoms with van der Waals surface area (Å²) < 4.78 is 13.1. The van der Waals surface area contributed by atoms with E-state index in [0.717, 1.165) is 19.3 Å². The summed E-state index contributed by atoms with van der Waals surface area (Å²) in [4.78, 5) is 22.2. The summed E-state index contributed by atoms with van der Waals surface area (Å²) in [6, 6.07) is 5.19. The molecule has 2 rings (SSSR count). The SMILES string of the molecule is O=C(N[C@H](CF)[C@H](O)c1ccc(C(=O)C2CCC2)cc1)C(Cl)Cl. The number of alkyl halides is 3. The van der Waals surface area contributed by atoms with E-state index in [4.69, 9.17) is 23.2 Å². The van der Waals surface area contributed by atoms with Crippen LogP contribution < -0.4 is 5.32 Å². The Balaban J connectivity index is 2.04. The molecule has 0 radical (unpaired) electrons. The van der Waals surface area contributed by atoms with Crippen LogP contribution in [-0.2, 0) is 4.79 Å². The lowest BCUT2D eigenvalue weighted by molar-refractivity contribution is -0.121. The van der Waals surface area contributed by atoms with Crippen LogP contribution in [0.5, 0.6) is 0 Å². The topological polar surface area (TPSA) is 66.4 Å². The minimum atomic E-state index is -1.33. The average Bonchev–Trinajstić information content (AvgIpc) is 2.50. The smallest absolute Gasteiger partial charge is 0.253 e. The van der Waals surface area contributed by atoms with E-state index in [2.05, 4.69) is 5.32 Å². The Labute approximate surface area is 144 Å². The molecule has 0 aromatic heterocycles. The van der Waals surface area contributed by atoms with Gasteiger partial charge in [-0.1, -0.05) is 53.9 Å². The number of carbonyl (C=O) groups is 2. The number of nitrogens with one attached hydrogen (secondary N) is 1. The maximum atomic E-state index is 13.1. The van der Waals surface area contributed by atoms with Crippen LogP contribution in [0.25, 0.3) is 0 Å². The van der Waals surface area contributed by atoms with Crippen LogP contribution in [0, 0.1) is 5.92 Å². The van der Waals surface area contributed by atoms with Gasteiger partial charge in [0.05, 0.1) is 6.04 Å². The van der Waals surface area contributed by atoms with Gasteiger partial charge in [0.1, 0.15) is 12.8 Å². The number of aliphatic hydroxyl groups excluding tert-OH is 1. The zero-order valence-corrected chi connectivity index (χ0v) is 13.9. The Hall–Kier alpha value is -1.17. The molecular formula is C16H18Cl2FNO3. The molecule has 1 aromatic carbocycles. The van der Waals surface area contributed by atoms with Crippen molar-refractivity contribution < 1.29 is 19.1 Å². The molecule has 126 valence electrons. The lowest BCUT2D eigenvalue weighted by Gasteiger charge is -2.24. The molecule has 23 heavy (non-hydrogen) atoms. The number of Topliss-reactive ketones (excluding diaryl/α,β-unsaturated/α-hetero) is 1. The van der Waals surface area contributed by atoms with Crippen LogP contribution in [0.3, 0.4) is 0 Å². The monoisotopic (exact) mass is 361 g/mol. The molecular weight excluding hydrogens is 344 g/mol. The van der Waals surface area contributed by atoms with Crippen molar-refractivity contribution in [3.05, 3.63) is 35.4 Å². The number of amides is 1. The van der Waals surface area contributed by atoms with E-state index in [1.807, 2.05) is 0 Å². The van der Waals surface area contributed by atoms with Crippen molar-refractivity contribution in [2.75, 3.05) is 6.67 Å². The summed E-state index contributed by atoms with van der Waals surface area (Å²) in [5.41, 5.74) is 0.979.